The number of amides is 1. The number of hydrogen-bond donors (Lipinski definition) is 2. The highest BCUT2D eigenvalue weighted by Gasteiger charge is 2.51. The van der Waals surface area contributed by atoms with E-state index in [-0.39, 0.29) is 11.9 Å². The lowest BCUT2D eigenvalue weighted by molar-refractivity contribution is -0.151. The van der Waals surface area contributed by atoms with Crippen molar-refractivity contribution >= 4 is 23.6 Å². The lowest BCUT2D eigenvalue weighted by atomic mass is 9.95. The summed E-state index contributed by atoms with van der Waals surface area (Å²) in [6.45, 7) is 4.91. The van der Waals surface area contributed by atoms with Gasteiger partial charge in [0.15, 0.2) is 0 Å². The SMILES string of the molecule is CCNC(CSCC(=O)NC)(C(=O)OCC)C1CC1. The molecule has 0 aromatic heterocycles. The molecule has 1 atom stereocenters. The molecule has 1 amide bonds. The van der Waals surface area contributed by atoms with Gasteiger partial charge in [-0.3, -0.25) is 9.59 Å². The van der Waals surface area contributed by atoms with E-state index in [0.29, 0.717) is 24.0 Å². The molecule has 1 aliphatic rings. The molecule has 19 heavy (non-hydrogen) atoms. The third-order valence-electron chi connectivity index (χ3n) is 3.25. The van der Waals surface area contributed by atoms with Crippen LogP contribution in [-0.2, 0) is 14.3 Å². The molecule has 110 valence electrons. The molecule has 1 aliphatic carbocycles. The molecule has 1 fully saturated rings. The molecule has 1 rings (SSSR count). The van der Waals surface area contributed by atoms with E-state index in [2.05, 4.69) is 10.6 Å². The lowest BCUT2D eigenvalue weighted by Gasteiger charge is -2.32. The minimum absolute atomic E-state index is 0.0185. The largest absolute Gasteiger partial charge is 0.465 e. The number of ether oxygens (including phenoxy) is 1. The lowest BCUT2D eigenvalue weighted by Crippen LogP contribution is -2.57. The molecule has 1 unspecified atom stereocenters. The van der Waals surface area contributed by atoms with Crippen molar-refractivity contribution in [3.8, 4) is 0 Å². The van der Waals surface area contributed by atoms with E-state index in [0.717, 1.165) is 19.4 Å². The second-order valence-corrected chi connectivity index (χ2v) is 5.65. The first kappa shape index (κ1) is 16.3. The number of thioether (sulfide) groups is 1. The molecular formula is C13H24N2O3S. The van der Waals surface area contributed by atoms with Crippen molar-refractivity contribution in [2.45, 2.75) is 32.2 Å². The fourth-order valence-electron chi connectivity index (χ4n) is 2.14. The van der Waals surface area contributed by atoms with Crippen LogP contribution in [-0.4, -0.2) is 49.1 Å². The summed E-state index contributed by atoms with van der Waals surface area (Å²) in [6, 6.07) is 0. The average Bonchev–Trinajstić information content (AvgIpc) is 3.22. The van der Waals surface area contributed by atoms with Gasteiger partial charge in [-0.05, 0) is 32.2 Å². The Morgan fingerprint density at radius 1 is 1.37 bits per heavy atom. The van der Waals surface area contributed by atoms with Crippen LogP contribution in [0.15, 0.2) is 0 Å². The number of likely N-dealkylation sites (N-methyl/N-ethyl adjacent to an activating group) is 1. The number of esters is 1. The zero-order valence-electron chi connectivity index (χ0n) is 12.0. The molecule has 5 nitrogen and oxygen atoms in total. The molecule has 6 heteroatoms. The molecule has 1 saturated carbocycles. The maximum absolute atomic E-state index is 12.3. The predicted octanol–water partition coefficient (Wildman–Crippen LogP) is 0.787. The number of rotatable bonds is 9. The van der Waals surface area contributed by atoms with E-state index >= 15 is 0 Å². The van der Waals surface area contributed by atoms with E-state index in [9.17, 15) is 9.59 Å². The van der Waals surface area contributed by atoms with Gasteiger partial charge in [0.05, 0.1) is 12.4 Å². The Labute approximate surface area is 119 Å². The van der Waals surface area contributed by atoms with Crippen LogP contribution in [0.1, 0.15) is 26.7 Å². The molecule has 0 spiro atoms. The summed E-state index contributed by atoms with van der Waals surface area (Å²) in [5.41, 5.74) is -0.622. The Hall–Kier alpha value is -0.750. The van der Waals surface area contributed by atoms with Crippen LogP contribution in [0.2, 0.25) is 0 Å². The van der Waals surface area contributed by atoms with Gasteiger partial charge in [0.2, 0.25) is 5.91 Å². The van der Waals surface area contributed by atoms with Gasteiger partial charge < -0.3 is 15.4 Å². The third-order valence-corrected chi connectivity index (χ3v) is 4.37. The Balaban J connectivity index is 2.66. The van der Waals surface area contributed by atoms with E-state index in [1.54, 1.807) is 7.05 Å². The van der Waals surface area contributed by atoms with Gasteiger partial charge in [-0.25, -0.2) is 0 Å². The van der Waals surface area contributed by atoms with Gasteiger partial charge in [0.25, 0.3) is 0 Å². The molecule has 0 bridgehead atoms. The van der Waals surface area contributed by atoms with Crippen LogP contribution in [0.3, 0.4) is 0 Å². The molecule has 2 N–H and O–H groups in total. The Morgan fingerprint density at radius 3 is 2.53 bits per heavy atom. The van der Waals surface area contributed by atoms with Gasteiger partial charge >= 0.3 is 5.97 Å². The van der Waals surface area contributed by atoms with Crippen molar-refractivity contribution in [2.75, 3.05) is 31.7 Å². The van der Waals surface area contributed by atoms with Crippen molar-refractivity contribution in [3.63, 3.8) is 0 Å². The van der Waals surface area contributed by atoms with Crippen molar-refractivity contribution in [1.29, 1.82) is 0 Å². The molecular weight excluding hydrogens is 264 g/mol. The highest BCUT2D eigenvalue weighted by Crippen LogP contribution is 2.42. The number of carbonyl (C=O) groups excluding carboxylic acids is 2. The first-order valence-electron chi connectivity index (χ1n) is 6.81. The van der Waals surface area contributed by atoms with E-state index in [1.807, 2.05) is 13.8 Å². The molecule has 0 aliphatic heterocycles. The fourth-order valence-corrected chi connectivity index (χ4v) is 3.35. The smallest absolute Gasteiger partial charge is 0.327 e. The maximum Gasteiger partial charge on any atom is 0.327 e. The van der Waals surface area contributed by atoms with Crippen LogP contribution in [0.4, 0.5) is 0 Å². The average molecular weight is 288 g/mol. The van der Waals surface area contributed by atoms with Crippen LogP contribution < -0.4 is 10.6 Å². The van der Waals surface area contributed by atoms with Crippen molar-refractivity contribution < 1.29 is 14.3 Å². The maximum atomic E-state index is 12.3. The topological polar surface area (TPSA) is 67.4 Å². The van der Waals surface area contributed by atoms with Crippen molar-refractivity contribution in [3.05, 3.63) is 0 Å². The van der Waals surface area contributed by atoms with Gasteiger partial charge in [0, 0.05) is 12.8 Å². The minimum Gasteiger partial charge on any atom is -0.465 e. The van der Waals surface area contributed by atoms with Crippen LogP contribution in [0.25, 0.3) is 0 Å². The van der Waals surface area contributed by atoms with Gasteiger partial charge in [-0.1, -0.05) is 6.92 Å². The Morgan fingerprint density at radius 2 is 2.05 bits per heavy atom. The quantitative estimate of drug-likeness (QED) is 0.614. The van der Waals surface area contributed by atoms with Crippen LogP contribution >= 0.6 is 11.8 Å². The minimum atomic E-state index is -0.622. The standard InChI is InChI=1S/C13H24N2O3S/c1-4-15-13(10-6-7-10,12(17)18-5-2)9-19-8-11(16)14-3/h10,15H,4-9H2,1-3H3,(H,14,16). The van der Waals surface area contributed by atoms with E-state index in [4.69, 9.17) is 4.74 Å². The zero-order valence-corrected chi connectivity index (χ0v) is 12.8. The zero-order chi connectivity index (χ0) is 14.3. The summed E-state index contributed by atoms with van der Waals surface area (Å²) >= 11 is 1.48. The summed E-state index contributed by atoms with van der Waals surface area (Å²) < 4.78 is 5.23. The molecule has 0 radical (unpaired) electrons. The first-order chi connectivity index (χ1) is 9.10. The van der Waals surface area contributed by atoms with Gasteiger partial charge in [-0.2, -0.15) is 0 Å². The van der Waals surface area contributed by atoms with Crippen LogP contribution in [0, 0.1) is 5.92 Å². The molecule has 0 aromatic carbocycles. The second-order valence-electron chi connectivity index (χ2n) is 4.66. The molecule has 0 saturated heterocycles. The second kappa shape index (κ2) is 7.75. The van der Waals surface area contributed by atoms with Crippen molar-refractivity contribution in [2.24, 2.45) is 5.92 Å². The summed E-state index contributed by atoms with van der Waals surface area (Å²) in [7, 11) is 1.62. The highest BCUT2D eigenvalue weighted by molar-refractivity contribution is 8.00. The van der Waals surface area contributed by atoms with E-state index in [1.165, 1.54) is 11.8 Å². The number of nitrogens with one attached hydrogen (secondary N) is 2. The number of hydrogen-bond acceptors (Lipinski definition) is 5. The Kier molecular flexibility index (Phi) is 6.65. The van der Waals surface area contributed by atoms with Gasteiger partial charge in [-0.15, -0.1) is 11.8 Å². The van der Waals surface area contributed by atoms with Crippen LogP contribution in [0.5, 0.6) is 0 Å². The monoisotopic (exact) mass is 288 g/mol. The summed E-state index contributed by atoms with van der Waals surface area (Å²) in [5, 5.41) is 5.89. The normalized spacial score (nSPS) is 17.6. The van der Waals surface area contributed by atoms with Gasteiger partial charge in [0.1, 0.15) is 5.54 Å². The van der Waals surface area contributed by atoms with Crippen molar-refractivity contribution in [1.82, 2.24) is 10.6 Å². The third kappa shape index (κ3) is 4.38. The predicted molar refractivity (Wildman–Crippen MR) is 77.2 cm³/mol. The molecule has 0 aromatic rings. The highest BCUT2D eigenvalue weighted by atomic mass is 32.2. The fraction of sp³-hybridized carbons (Fsp3) is 0.846. The number of carbonyl (C=O) groups is 2. The first-order valence-corrected chi connectivity index (χ1v) is 7.96. The van der Waals surface area contributed by atoms with E-state index < -0.39 is 5.54 Å². The Bertz CT molecular complexity index is 321. The molecule has 0 heterocycles. The summed E-state index contributed by atoms with van der Waals surface area (Å²) in [4.78, 5) is 23.6. The summed E-state index contributed by atoms with van der Waals surface area (Å²) in [6.07, 6.45) is 2.10. The summed E-state index contributed by atoms with van der Waals surface area (Å²) in [5.74, 6) is 1.09.